The molecule has 0 fully saturated rings. The molecule has 4 aromatic rings. The molecule has 1 unspecified atom stereocenters. The fraction of sp³-hybridized carbons (Fsp3) is 0.267. The van der Waals surface area contributed by atoms with Gasteiger partial charge >= 0.3 is 5.97 Å². The molecule has 188 valence electrons. The molecular weight excluding hydrogens is 464 g/mol. The number of ether oxygens (including phenoxy) is 1. The van der Waals surface area contributed by atoms with E-state index in [2.05, 4.69) is 29.4 Å². The highest BCUT2D eigenvalue weighted by molar-refractivity contribution is 6.05. The molecule has 0 bridgehead atoms. The molecule has 0 saturated carbocycles. The van der Waals surface area contributed by atoms with Gasteiger partial charge in [-0.05, 0) is 53.8 Å². The molecule has 1 aromatic heterocycles. The molecule has 37 heavy (non-hydrogen) atoms. The van der Waals surface area contributed by atoms with E-state index in [1.807, 2.05) is 74.1 Å². The number of nitrogens with zero attached hydrogens (tertiary/aromatic N) is 4. The third kappa shape index (κ3) is 5.16. The molecule has 3 aromatic carbocycles. The Hall–Kier alpha value is -4.26. The summed E-state index contributed by atoms with van der Waals surface area (Å²) >= 11 is 0. The van der Waals surface area contributed by atoms with Crippen LogP contribution in [0.2, 0.25) is 0 Å². The van der Waals surface area contributed by atoms with Crippen LogP contribution in [-0.2, 0) is 27.8 Å². The molecule has 0 aliphatic carbocycles. The van der Waals surface area contributed by atoms with E-state index in [0.717, 1.165) is 44.6 Å². The van der Waals surface area contributed by atoms with Gasteiger partial charge < -0.3 is 4.74 Å². The topological polar surface area (TPSA) is 76.8 Å². The van der Waals surface area contributed by atoms with E-state index in [9.17, 15) is 9.59 Å². The maximum absolute atomic E-state index is 13.2. The lowest BCUT2D eigenvalue weighted by Crippen LogP contribution is -2.31. The van der Waals surface area contributed by atoms with Gasteiger partial charge in [-0.25, -0.2) is 5.01 Å². The van der Waals surface area contributed by atoms with E-state index in [4.69, 9.17) is 9.84 Å². The minimum Gasteiger partial charge on any atom is -0.455 e. The van der Waals surface area contributed by atoms with Gasteiger partial charge in [-0.3, -0.25) is 14.3 Å². The highest BCUT2D eigenvalue weighted by atomic mass is 16.5. The maximum Gasteiger partial charge on any atom is 0.306 e. The van der Waals surface area contributed by atoms with Gasteiger partial charge in [0.2, 0.25) is 0 Å². The van der Waals surface area contributed by atoms with Crippen LogP contribution >= 0.6 is 0 Å². The molecule has 1 aliphatic rings. The number of carbonyl (C=O) groups excluding carboxylic acids is 2. The Balaban J connectivity index is 1.30. The number of hydrogen-bond acceptors (Lipinski definition) is 5. The van der Waals surface area contributed by atoms with Crippen LogP contribution in [0.3, 0.4) is 0 Å². The van der Waals surface area contributed by atoms with Crippen molar-refractivity contribution in [1.29, 1.82) is 0 Å². The third-order valence-electron chi connectivity index (χ3n) is 7.03. The molecule has 7 nitrogen and oxygen atoms in total. The Labute approximate surface area is 216 Å². The molecule has 0 spiro atoms. The summed E-state index contributed by atoms with van der Waals surface area (Å²) in [6, 6.07) is 24.0. The minimum atomic E-state index is -0.412. The number of hydrazone groups is 1. The smallest absolute Gasteiger partial charge is 0.306 e. The highest BCUT2D eigenvalue weighted by Crippen LogP contribution is 2.33. The van der Waals surface area contributed by atoms with Crippen molar-refractivity contribution in [2.24, 2.45) is 12.1 Å². The first-order valence-corrected chi connectivity index (χ1v) is 12.5. The number of benzene rings is 3. The van der Waals surface area contributed by atoms with Crippen LogP contribution in [0.25, 0.3) is 10.8 Å². The SMILES string of the molecule is Cc1nn(C)c(C)c1CCC(=O)OCC(=O)N1N=C(c2ccc3ccccc3c2)CC1c1ccccc1. The number of aromatic nitrogens is 2. The number of carbonyl (C=O) groups is 2. The minimum absolute atomic E-state index is 0.189. The Morgan fingerprint density at radius 3 is 2.43 bits per heavy atom. The van der Waals surface area contributed by atoms with Crippen molar-refractivity contribution in [3.63, 3.8) is 0 Å². The monoisotopic (exact) mass is 494 g/mol. The van der Waals surface area contributed by atoms with Gasteiger partial charge in [0.15, 0.2) is 6.61 Å². The van der Waals surface area contributed by atoms with Crippen LogP contribution in [0.1, 0.15) is 47.0 Å². The summed E-state index contributed by atoms with van der Waals surface area (Å²) in [6.45, 7) is 3.56. The Kier molecular flexibility index (Phi) is 6.86. The third-order valence-corrected chi connectivity index (χ3v) is 7.03. The second-order valence-corrected chi connectivity index (χ2v) is 9.41. The molecular formula is C30H30N4O3. The molecule has 7 heteroatoms. The fourth-order valence-electron chi connectivity index (χ4n) is 4.91. The summed E-state index contributed by atoms with van der Waals surface area (Å²) < 4.78 is 7.19. The predicted octanol–water partition coefficient (Wildman–Crippen LogP) is 5.04. The first-order valence-electron chi connectivity index (χ1n) is 12.5. The summed E-state index contributed by atoms with van der Waals surface area (Å²) in [5.74, 6) is -0.753. The van der Waals surface area contributed by atoms with Gasteiger partial charge in [-0.1, -0.05) is 66.7 Å². The Morgan fingerprint density at radius 2 is 1.70 bits per heavy atom. The largest absolute Gasteiger partial charge is 0.455 e. The van der Waals surface area contributed by atoms with Crippen molar-refractivity contribution >= 4 is 28.4 Å². The van der Waals surface area contributed by atoms with Gasteiger partial charge in [0.25, 0.3) is 5.91 Å². The lowest BCUT2D eigenvalue weighted by molar-refractivity contribution is -0.152. The number of amides is 1. The molecule has 5 rings (SSSR count). The number of hydrogen-bond donors (Lipinski definition) is 0. The molecule has 0 saturated heterocycles. The zero-order valence-electron chi connectivity index (χ0n) is 21.3. The average molecular weight is 495 g/mol. The van der Waals surface area contributed by atoms with Gasteiger partial charge in [0, 0.05) is 25.6 Å². The van der Waals surface area contributed by atoms with E-state index >= 15 is 0 Å². The van der Waals surface area contributed by atoms with Crippen LogP contribution in [0.4, 0.5) is 0 Å². The quantitative estimate of drug-likeness (QED) is 0.337. The second-order valence-electron chi connectivity index (χ2n) is 9.41. The average Bonchev–Trinajstić information content (AvgIpc) is 3.47. The zero-order valence-corrected chi connectivity index (χ0v) is 21.3. The van der Waals surface area contributed by atoms with Crippen molar-refractivity contribution < 1.29 is 14.3 Å². The molecule has 0 N–H and O–H groups in total. The van der Waals surface area contributed by atoms with Crippen LogP contribution < -0.4 is 0 Å². The summed E-state index contributed by atoms with van der Waals surface area (Å²) in [6.07, 6.45) is 1.30. The summed E-state index contributed by atoms with van der Waals surface area (Å²) in [4.78, 5) is 25.7. The number of esters is 1. The van der Waals surface area contributed by atoms with Crippen molar-refractivity contribution in [3.8, 4) is 0 Å². The summed E-state index contributed by atoms with van der Waals surface area (Å²) in [5, 5.41) is 12.9. The fourth-order valence-corrected chi connectivity index (χ4v) is 4.91. The molecule has 0 radical (unpaired) electrons. The van der Waals surface area contributed by atoms with Gasteiger partial charge in [-0.2, -0.15) is 10.2 Å². The molecule has 1 aliphatic heterocycles. The Bertz CT molecular complexity index is 1490. The maximum atomic E-state index is 13.2. The van der Waals surface area contributed by atoms with Crippen molar-refractivity contribution in [2.75, 3.05) is 6.61 Å². The van der Waals surface area contributed by atoms with Crippen molar-refractivity contribution in [2.45, 2.75) is 39.2 Å². The van der Waals surface area contributed by atoms with E-state index in [0.29, 0.717) is 12.8 Å². The molecule has 1 amide bonds. The lowest BCUT2D eigenvalue weighted by atomic mass is 9.97. The van der Waals surface area contributed by atoms with Crippen molar-refractivity contribution in [3.05, 3.63) is 101 Å². The Morgan fingerprint density at radius 1 is 0.973 bits per heavy atom. The van der Waals surface area contributed by atoms with E-state index in [-0.39, 0.29) is 25.0 Å². The first-order chi connectivity index (χ1) is 17.9. The molecule has 1 atom stereocenters. The normalized spacial score (nSPS) is 15.2. The van der Waals surface area contributed by atoms with E-state index in [1.165, 1.54) is 5.01 Å². The van der Waals surface area contributed by atoms with Crippen LogP contribution in [0.15, 0.2) is 77.9 Å². The van der Waals surface area contributed by atoms with E-state index < -0.39 is 5.97 Å². The zero-order chi connectivity index (χ0) is 25.9. The summed E-state index contributed by atoms with van der Waals surface area (Å²) in [5.41, 5.74) is 5.78. The predicted molar refractivity (Wildman–Crippen MR) is 143 cm³/mol. The second kappa shape index (κ2) is 10.4. The number of rotatable bonds is 7. The summed E-state index contributed by atoms with van der Waals surface area (Å²) in [7, 11) is 1.88. The van der Waals surface area contributed by atoms with Gasteiger partial charge in [0.05, 0.1) is 17.4 Å². The lowest BCUT2D eigenvalue weighted by Gasteiger charge is -2.21. The highest BCUT2D eigenvalue weighted by Gasteiger charge is 2.33. The van der Waals surface area contributed by atoms with Crippen LogP contribution in [-0.4, -0.2) is 39.0 Å². The van der Waals surface area contributed by atoms with Gasteiger partial charge in [-0.15, -0.1) is 0 Å². The first kappa shape index (κ1) is 24.4. The van der Waals surface area contributed by atoms with Crippen LogP contribution in [0, 0.1) is 13.8 Å². The molecule has 2 heterocycles. The number of fused-ring (bicyclic) bond motifs is 1. The van der Waals surface area contributed by atoms with E-state index in [1.54, 1.807) is 0 Å². The van der Waals surface area contributed by atoms with Gasteiger partial charge in [0.1, 0.15) is 0 Å². The van der Waals surface area contributed by atoms with Crippen LogP contribution in [0.5, 0.6) is 0 Å². The number of aryl methyl sites for hydroxylation is 2. The van der Waals surface area contributed by atoms with Crippen molar-refractivity contribution in [1.82, 2.24) is 14.8 Å². The standard InChI is InChI=1S/C30H30N4O3/c1-20-26(21(2)33(3)31-20)15-16-30(36)37-19-29(35)34-28(23-10-5-4-6-11-23)18-27(32-34)25-14-13-22-9-7-8-12-24(22)17-25/h4-14,17,28H,15-16,18-19H2,1-3H3.